The lowest BCUT2D eigenvalue weighted by atomic mass is 10.1. The zero-order valence-electron chi connectivity index (χ0n) is 13.0. The van der Waals surface area contributed by atoms with Crippen molar-refractivity contribution in [2.75, 3.05) is 20.0 Å². The Morgan fingerprint density at radius 1 is 0.875 bits per heavy atom. The zero-order valence-corrected chi connectivity index (χ0v) is 13.0. The van der Waals surface area contributed by atoms with Gasteiger partial charge < -0.3 is 24.3 Å². The molecule has 1 N–H and O–H groups in total. The Kier molecular flexibility index (Phi) is 3.86. The molecule has 0 saturated heterocycles. The fourth-order valence-electron chi connectivity index (χ4n) is 2.64. The number of nitrogens with one attached hydrogen (secondary N) is 1. The molecule has 0 spiro atoms. The summed E-state index contributed by atoms with van der Waals surface area (Å²) in [6.07, 6.45) is 0.834. The van der Waals surface area contributed by atoms with E-state index in [2.05, 4.69) is 5.32 Å². The van der Waals surface area contributed by atoms with E-state index in [9.17, 15) is 4.79 Å². The highest BCUT2D eigenvalue weighted by molar-refractivity contribution is 5.94. The Labute approximate surface area is 139 Å². The molecule has 124 valence electrons. The lowest BCUT2D eigenvalue weighted by Crippen LogP contribution is -2.22. The van der Waals surface area contributed by atoms with Gasteiger partial charge in [0, 0.05) is 18.5 Å². The Bertz CT molecular complexity index is 774. The van der Waals surface area contributed by atoms with Gasteiger partial charge in [0.05, 0.1) is 13.2 Å². The van der Waals surface area contributed by atoms with Gasteiger partial charge in [-0.25, -0.2) is 0 Å². The third kappa shape index (κ3) is 2.95. The predicted molar refractivity (Wildman–Crippen MR) is 85.8 cm³/mol. The number of amides is 1. The number of benzene rings is 2. The standard InChI is InChI=1S/C18H17NO5/c20-18(13-3-5-14-17(9-13)22-7-1-6-21-14)19-10-12-2-4-15-16(8-12)24-11-23-15/h2-5,8-9H,1,6-7,10-11H2,(H,19,20). The van der Waals surface area contributed by atoms with Gasteiger partial charge in [0.25, 0.3) is 5.91 Å². The lowest BCUT2D eigenvalue weighted by Gasteiger charge is -2.10. The van der Waals surface area contributed by atoms with Crippen molar-refractivity contribution in [2.45, 2.75) is 13.0 Å². The number of fused-ring (bicyclic) bond motifs is 2. The van der Waals surface area contributed by atoms with Crippen molar-refractivity contribution < 1.29 is 23.7 Å². The fourth-order valence-corrected chi connectivity index (χ4v) is 2.64. The van der Waals surface area contributed by atoms with Gasteiger partial charge in [-0.1, -0.05) is 6.07 Å². The number of hydrogen-bond donors (Lipinski definition) is 1. The summed E-state index contributed by atoms with van der Waals surface area (Å²) in [5, 5.41) is 2.90. The first-order valence-electron chi connectivity index (χ1n) is 7.86. The van der Waals surface area contributed by atoms with Crippen LogP contribution in [-0.2, 0) is 6.54 Å². The molecule has 2 heterocycles. The highest BCUT2D eigenvalue weighted by Crippen LogP contribution is 2.33. The Balaban J connectivity index is 1.43. The summed E-state index contributed by atoms with van der Waals surface area (Å²) in [5.41, 5.74) is 1.49. The number of carbonyl (C=O) groups is 1. The maximum absolute atomic E-state index is 12.4. The molecular weight excluding hydrogens is 310 g/mol. The molecule has 4 rings (SSSR count). The molecule has 0 aliphatic carbocycles. The second-order valence-electron chi connectivity index (χ2n) is 5.58. The van der Waals surface area contributed by atoms with Crippen LogP contribution >= 0.6 is 0 Å². The summed E-state index contributed by atoms with van der Waals surface area (Å²) in [5.74, 6) is 2.57. The topological polar surface area (TPSA) is 66.0 Å². The van der Waals surface area contributed by atoms with E-state index in [0.717, 1.165) is 17.7 Å². The van der Waals surface area contributed by atoms with E-state index >= 15 is 0 Å². The number of rotatable bonds is 3. The maximum atomic E-state index is 12.4. The monoisotopic (exact) mass is 327 g/mol. The molecule has 0 saturated carbocycles. The first-order chi connectivity index (χ1) is 11.8. The van der Waals surface area contributed by atoms with Gasteiger partial charge in [-0.05, 0) is 35.9 Å². The molecule has 0 radical (unpaired) electrons. The van der Waals surface area contributed by atoms with E-state index in [1.165, 1.54) is 0 Å². The molecule has 0 bridgehead atoms. The Hall–Kier alpha value is -2.89. The molecule has 2 aliphatic heterocycles. The van der Waals surface area contributed by atoms with Gasteiger partial charge in [0.1, 0.15) is 0 Å². The summed E-state index contributed by atoms with van der Waals surface area (Å²) < 4.78 is 21.8. The molecular formula is C18H17NO5. The summed E-state index contributed by atoms with van der Waals surface area (Å²) >= 11 is 0. The van der Waals surface area contributed by atoms with E-state index in [0.29, 0.717) is 42.6 Å². The fraction of sp³-hybridized carbons (Fsp3) is 0.278. The van der Waals surface area contributed by atoms with E-state index in [1.54, 1.807) is 18.2 Å². The van der Waals surface area contributed by atoms with E-state index in [4.69, 9.17) is 18.9 Å². The smallest absolute Gasteiger partial charge is 0.251 e. The first-order valence-corrected chi connectivity index (χ1v) is 7.86. The minimum atomic E-state index is -0.164. The Morgan fingerprint density at radius 3 is 2.50 bits per heavy atom. The van der Waals surface area contributed by atoms with Crippen LogP contribution in [0.5, 0.6) is 23.0 Å². The van der Waals surface area contributed by atoms with E-state index < -0.39 is 0 Å². The lowest BCUT2D eigenvalue weighted by molar-refractivity contribution is 0.0950. The molecule has 2 aromatic rings. The molecule has 24 heavy (non-hydrogen) atoms. The molecule has 0 aromatic heterocycles. The van der Waals surface area contributed by atoms with Crippen molar-refractivity contribution in [1.82, 2.24) is 5.32 Å². The molecule has 2 aromatic carbocycles. The molecule has 6 nitrogen and oxygen atoms in total. The van der Waals surface area contributed by atoms with Crippen molar-refractivity contribution in [3.05, 3.63) is 47.5 Å². The summed E-state index contributed by atoms with van der Waals surface area (Å²) in [4.78, 5) is 12.4. The molecule has 6 heteroatoms. The van der Waals surface area contributed by atoms with Gasteiger partial charge in [-0.3, -0.25) is 4.79 Å². The van der Waals surface area contributed by atoms with Gasteiger partial charge in [0.2, 0.25) is 6.79 Å². The van der Waals surface area contributed by atoms with Crippen LogP contribution in [0.15, 0.2) is 36.4 Å². The van der Waals surface area contributed by atoms with Crippen molar-refractivity contribution in [1.29, 1.82) is 0 Å². The minimum Gasteiger partial charge on any atom is -0.490 e. The summed E-state index contributed by atoms with van der Waals surface area (Å²) in [7, 11) is 0. The highest BCUT2D eigenvalue weighted by atomic mass is 16.7. The van der Waals surface area contributed by atoms with Crippen LogP contribution in [0.3, 0.4) is 0 Å². The van der Waals surface area contributed by atoms with Crippen molar-refractivity contribution in [2.24, 2.45) is 0 Å². The second-order valence-corrected chi connectivity index (χ2v) is 5.58. The van der Waals surface area contributed by atoms with Crippen LogP contribution in [-0.4, -0.2) is 25.9 Å². The normalized spacial score (nSPS) is 14.8. The van der Waals surface area contributed by atoms with Crippen LogP contribution in [0.2, 0.25) is 0 Å². The third-order valence-electron chi connectivity index (χ3n) is 3.90. The average Bonchev–Trinajstić information content (AvgIpc) is 2.95. The third-order valence-corrected chi connectivity index (χ3v) is 3.90. The number of carbonyl (C=O) groups excluding carboxylic acids is 1. The number of hydrogen-bond acceptors (Lipinski definition) is 5. The summed E-state index contributed by atoms with van der Waals surface area (Å²) in [6.45, 7) is 1.87. The van der Waals surface area contributed by atoms with E-state index in [1.807, 2.05) is 18.2 Å². The second kappa shape index (κ2) is 6.31. The first kappa shape index (κ1) is 14.7. The minimum absolute atomic E-state index is 0.164. The molecule has 0 fully saturated rings. The van der Waals surface area contributed by atoms with E-state index in [-0.39, 0.29) is 12.7 Å². The number of ether oxygens (including phenoxy) is 4. The van der Waals surface area contributed by atoms with Crippen LogP contribution in [0, 0.1) is 0 Å². The van der Waals surface area contributed by atoms with Gasteiger partial charge >= 0.3 is 0 Å². The van der Waals surface area contributed by atoms with Crippen molar-refractivity contribution >= 4 is 5.91 Å². The molecule has 1 amide bonds. The zero-order chi connectivity index (χ0) is 16.4. The van der Waals surface area contributed by atoms with Crippen LogP contribution in [0.4, 0.5) is 0 Å². The van der Waals surface area contributed by atoms with Crippen molar-refractivity contribution in [3.8, 4) is 23.0 Å². The largest absolute Gasteiger partial charge is 0.490 e. The quantitative estimate of drug-likeness (QED) is 0.938. The van der Waals surface area contributed by atoms with Gasteiger partial charge in [-0.15, -0.1) is 0 Å². The highest BCUT2D eigenvalue weighted by Gasteiger charge is 2.15. The van der Waals surface area contributed by atoms with Crippen LogP contribution < -0.4 is 24.3 Å². The molecule has 0 atom stereocenters. The van der Waals surface area contributed by atoms with Crippen LogP contribution in [0.1, 0.15) is 22.3 Å². The van der Waals surface area contributed by atoms with Gasteiger partial charge in [0.15, 0.2) is 23.0 Å². The maximum Gasteiger partial charge on any atom is 0.251 e. The SMILES string of the molecule is O=C(NCc1ccc2c(c1)OCO2)c1ccc2c(c1)OCCCO2. The average molecular weight is 327 g/mol. The Morgan fingerprint density at radius 2 is 1.58 bits per heavy atom. The predicted octanol–water partition coefficient (Wildman–Crippen LogP) is 2.51. The summed E-state index contributed by atoms with van der Waals surface area (Å²) in [6, 6.07) is 10.9. The molecule has 0 unspecified atom stereocenters. The van der Waals surface area contributed by atoms with Crippen LogP contribution in [0.25, 0.3) is 0 Å². The molecule has 2 aliphatic rings. The van der Waals surface area contributed by atoms with Crippen molar-refractivity contribution in [3.63, 3.8) is 0 Å². The van der Waals surface area contributed by atoms with Gasteiger partial charge in [-0.2, -0.15) is 0 Å².